The second-order valence-corrected chi connectivity index (χ2v) is 6.99. The van der Waals surface area contributed by atoms with E-state index in [1.165, 1.54) is 13.0 Å². The fourth-order valence-corrected chi connectivity index (χ4v) is 3.82. The molecule has 0 aliphatic carbocycles. The van der Waals surface area contributed by atoms with Gasteiger partial charge in [-0.3, -0.25) is 4.79 Å². The van der Waals surface area contributed by atoms with Gasteiger partial charge in [-0.2, -0.15) is 4.72 Å². The Kier molecular flexibility index (Phi) is 5.18. The molecule has 1 aromatic carbocycles. The summed E-state index contributed by atoms with van der Waals surface area (Å²) in [5.41, 5.74) is -1.03. The van der Waals surface area contributed by atoms with Crippen LogP contribution in [0.2, 0.25) is 5.02 Å². The minimum Gasteiger partial charge on any atom is -0.480 e. The van der Waals surface area contributed by atoms with Crippen LogP contribution in [0, 0.1) is 6.92 Å². The highest BCUT2D eigenvalue weighted by Gasteiger charge is 2.37. The summed E-state index contributed by atoms with van der Waals surface area (Å²) in [5.74, 6) is -1.21. The van der Waals surface area contributed by atoms with Gasteiger partial charge in [0.15, 0.2) is 0 Å². The molecule has 20 heavy (non-hydrogen) atoms. The molecule has 2 N–H and O–H groups in total. The standard InChI is InChI=1S/C13H18ClNO4S/c1-4-7-13(3,12(16)17)15-20(18,19)11-8-10(14)6-5-9(11)2/h5-6,8,15H,4,7H2,1-3H3,(H,16,17). The average Bonchev–Trinajstić information content (AvgIpc) is 2.31. The van der Waals surface area contributed by atoms with E-state index in [9.17, 15) is 18.3 Å². The zero-order valence-corrected chi connectivity index (χ0v) is 13.2. The predicted octanol–water partition coefficient (Wildman–Crippen LogP) is 2.57. The van der Waals surface area contributed by atoms with Gasteiger partial charge in [0.1, 0.15) is 5.54 Å². The smallest absolute Gasteiger partial charge is 0.324 e. The maximum atomic E-state index is 12.4. The normalized spacial score (nSPS) is 14.8. The molecule has 0 aliphatic heterocycles. The van der Waals surface area contributed by atoms with Gasteiger partial charge in [0, 0.05) is 5.02 Å². The van der Waals surface area contributed by atoms with E-state index in [0.717, 1.165) is 0 Å². The van der Waals surface area contributed by atoms with Crippen molar-refractivity contribution in [3.05, 3.63) is 28.8 Å². The lowest BCUT2D eigenvalue weighted by Gasteiger charge is -2.25. The van der Waals surface area contributed by atoms with Crippen LogP contribution >= 0.6 is 11.6 Å². The third-order valence-electron chi connectivity index (χ3n) is 3.02. The van der Waals surface area contributed by atoms with Crippen molar-refractivity contribution in [1.82, 2.24) is 4.72 Å². The Balaban J connectivity index is 3.23. The number of sulfonamides is 1. The van der Waals surface area contributed by atoms with E-state index in [1.54, 1.807) is 26.0 Å². The Bertz CT molecular complexity index is 615. The quantitative estimate of drug-likeness (QED) is 0.844. The van der Waals surface area contributed by atoms with Gasteiger partial charge in [0.05, 0.1) is 4.90 Å². The zero-order valence-electron chi connectivity index (χ0n) is 11.6. The molecule has 0 radical (unpaired) electrons. The van der Waals surface area contributed by atoms with Gasteiger partial charge in [0.2, 0.25) is 10.0 Å². The van der Waals surface area contributed by atoms with Gasteiger partial charge in [-0.05, 0) is 38.0 Å². The molecule has 1 aromatic rings. The fraction of sp³-hybridized carbons (Fsp3) is 0.462. The number of nitrogens with one attached hydrogen (secondary N) is 1. The predicted molar refractivity (Wildman–Crippen MR) is 77.5 cm³/mol. The maximum Gasteiger partial charge on any atom is 0.324 e. The molecule has 0 fully saturated rings. The lowest BCUT2D eigenvalue weighted by Crippen LogP contribution is -2.52. The van der Waals surface area contributed by atoms with Crippen molar-refractivity contribution in [2.75, 3.05) is 0 Å². The van der Waals surface area contributed by atoms with Crippen molar-refractivity contribution in [3.8, 4) is 0 Å². The summed E-state index contributed by atoms with van der Waals surface area (Å²) < 4.78 is 27.0. The van der Waals surface area contributed by atoms with Crippen LogP contribution < -0.4 is 4.72 Å². The van der Waals surface area contributed by atoms with E-state index >= 15 is 0 Å². The number of benzene rings is 1. The van der Waals surface area contributed by atoms with Gasteiger partial charge in [-0.15, -0.1) is 0 Å². The molecule has 0 saturated carbocycles. The van der Waals surface area contributed by atoms with E-state index in [-0.39, 0.29) is 16.3 Å². The molecular formula is C13H18ClNO4S. The molecule has 5 nitrogen and oxygen atoms in total. The first-order valence-electron chi connectivity index (χ1n) is 6.16. The second kappa shape index (κ2) is 6.11. The average molecular weight is 320 g/mol. The first-order valence-corrected chi connectivity index (χ1v) is 8.02. The van der Waals surface area contributed by atoms with E-state index in [2.05, 4.69) is 4.72 Å². The first-order chi connectivity index (χ1) is 9.12. The largest absolute Gasteiger partial charge is 0.480 e. The summed E-state index contributed by atoms with van der Waals surface area (Å²) in [5, 5.41) is 9.53. The highest BCUT2D eigenvalue weighted by Crippen LogP contribution is 2.23. The number of rotatable bonds is 6. The molecule has 7 heteroatoms. The third-order valence-corrected chi connectivity index (χ3v) is 4.99. The van der Waals surface area contributed by atoms with E-state index in [1.807, 2.05) is 0 Å². The molecule has 0 saturated heterocycles. The zero-order chi connectivity index (χ0) is 15.6. The number of hydrogen-bond donors (Lipinski definition) is 2. The van der Waals surface area contributed by atoms with Gasteiger partial charge < -0.3 is 5.11 Å². The maximum absolute atomic E-state index is 12.4. The Morgan fingerprint density at radius 2 is 2.05 bits per heavy atom. The fourth-order valence-electron chi connectivity index (χ4n) is 1.92. The summed E-state index contributed by atoms with van der Waals surface area (Å²) in [6.07, 6.45) is 0.737. The van der Waals surface area contributed by atoms with Crippen LogP contribution in [0.5, 0.6) is 0 Å². The first kappa shape index (κ1) is 16.9. The minimum atomic E-state index is -3.95. The molecule has 0 amide bonds. The summed E-state index contributed by atoms with van der Waals surface area (Å²) in [7, 11) is -3.95. The number of carboxylic acid groups (broad SMARTS) is 1. The number of aliphatic carboxylic acids is 1. The van der Waals surface area contributed by atoms with Crippen molar-refractivity contribution in [2.24, 2.45) is 0 Å². The van der Waals surface area contributed by atoms with Crippen LogP contribution in [-0.4, -0.2) is 25.0 Å². The van der Waals surface area contributed by atoms with Crippen molar-refractivity contribution >= 4 is 27.6 Å². The summed E-state index contributed by atoms with van der Waals surface area (Å²) in [4.78, 5) is 11.3. The van der Waals surface area contributed by atoms with Gasteiger partial charge in [-0.25, -0.2) is 8.42 Å². The molecule has 0 spiro atoms. The number of halogens is 1. The molecule has 1 atom stereocenters. The summed E-state index contributed by atoms with van der Waals surface area (Å²) in [6, 6.07) is 4.47. The molecule has 1 unspecified atom stereocenters. The Labute approximate surface area is 124 Å². The summed E-state index contributed by atoms with van der Waals surface area (Å²) >= 11 is 5.81. The van der Waals surface area contributed by atoms with Crippen LogP contribution in [0.25, 0.3) is 0 Å². The lowest BCUT2D eigenvalue weighted by molar-refractivity contribution is -0.143. The SMILES string of the molecule is CCCC(C)(NS(=O)(=O)c1cc(Cl)ccc1C)C(=O)O. The van der Waals surface area contributed by atoms with Gasteiger partial charge in [-0.1, -0.05) is 31.0 Å². The monoisotopic (exact) mass is 319 g/mol. The molecule has 0 aliphatic rings. The molecule has 0 heterocycles. The molecule has 1 rings (SSSR count). The number of carbonyl (C=O) groups is 1. The van der Waals surface area contributed by atoms with Crippen molar-refractivity contribution < 1.29 is 18.3 Å². The van der Waals surface area contributed by atoms with E-state index in [4.69, 9.17) is 11.6 Å². The third kappa shape index (κ3) is 3.71. The Morgan fingerprint density at radius 3 is 2.55 bits per heavy atom. The Hall–Kier alpha value is -1.11. The lowest BCUT2D eigenvalue weighted by atomic mass is 9.98. The van der Waals surface area contributed by atoms with Crippen LogP contribution in [0.4, 0.5) is 0 Å². The number of carboxylic acids is 1. The van der Waals surface area contributed by atoms with Crippen LogP contribution in [0.3, 0.4) is 0 Å². The van der Waals surface area contributed by atoms with Crippen LogP contribution in [0.15, 0.2) is 23.1 Å². The number of aryl methyl sites for hydroxylation is 1. The minimum absolute atomic E-state index is 0.00595. The topological polar surface area (TPSA) is 83.5 Å². The van der Waals surface area contributed by atoms with Crippen molar-refractivity contribution in [3.63, 3.8) is 0 Å². The highest BCUT2D eigenvalue weighted by atomic mass is 35.5. The van der Waals surface area contributed by atoms with E-state index in [0.29, 0.717) is 12.0 Å². The highest BCUT2D eigenvalue weighted by molar-refractivity contribution is 7.89. The van der Waals surface area contributed by atoms with Crippen molar-refractivity contribution in [1.29, 1.82) is 0 Å². The molecular weight excluding hydrogens is 302 g/mol. The van der Waals surface area contributed by atoms with Crippen molar-refractivity contribution in [2.45, 2.75) is 44.0 Å². The van der Waals surface area contributed by atoms with Crippen LogP contribution in [0.1, 0.15) is 32.3 Å². The Morgan fingerprint density at radius 1 is 1.45 bits per heavy atom. The molecule has 112 valence electrons. The molecule has 0 bridgehead atoms. The number of hydrogen-bond acceptors (Lipinski definition) is 3. The van der Waals surface area contributed by atoms with Gasteiger partial charge >= 0.3 is 5.97 Å². The van der Waals surface area contributed by atoms with E-state index < -0.39 is 21.5 Å². The van der Waals surface area contributed by atoms with Crippen LogP contribution in [-0.2, 0) is 14.8 Å². The second-order valence-electron chi connectivity index (χ2n) is 4.90. The molecule has 0 aromatic heterocycles. The van der Waals surface area contributed by atoms with Gasteiger partial charge in [0.25, 0.3) is 0 Å². The summed E-state index contributed by atoms with van der Waals surface area (Å²) in [6.45, 7) is 4.78.